The highest BCUT2D eigenvalue weighted by molar-refractivity contribution is 5.98. The van der Waals surface area contributed by atoms with E-state index in [9.17, 15) is 9.90 Å². The molecule has 5 heteroatoms. The molecule has 0 saturated carbocycles. The summed E-state index contributed by atoms with van der Waals surface area (Å²) >= 11 is 0. The number of aromatic carboxylic acids is 1. The first-order valence-electron chi connectivity index (χ1n) is 6.95. The SMILES string of the molecule is [C-]#[N+]c1nn(C)c(C(=O)O)c1-c1ccc(-c2ccccc2)cc1. The molecule has 1 N–H and O–H groups in total. The lowest BCUT2D eigenvalue weighted by molar-refractivity contribution is 0.0686. The van der Waals surface area contributed by atoms with Gasteiger partial charge in [-0.05, 0) is 21.8 Å². The molecule has 2 aromatic carbocycles. The van der Waals surface area contributed by atoms with Crippen LogP contribution in [0, 0.1) is 6.57 Å². The van der Waals surface area contributed by atoms with E-state index in [2.05, 4.69) is 9.94 Å². The van der Waals surface area contributed by atoms with Crippen molar-refractivity contribution in [3.8, 4) is 22.3 Å². The molecule has 0 unspecified atom stereocenters. The van der Waals surface area contributed by atoms with Crippen molar-refractivity contribution in [1.29, 1.82) is 0 Å². The third kappa shape index (κ3) is 2.58. The Morgan fingerprint density at radius 2 is 1.61 bits per heavy atom. The standard InChI is InChI=1S/C18H13N3O2/c1-19-17-15(16(18(22)23)21(2)20-17)14-10-8-13(9-11-14)12-6-4-3-5-7-12/h3-11H,2H3,(H,22,23). The number of hydrogen-bond donors (Lipinski definition) is 1. The average Bonchev–Trinajstić information content (AvgIpc) is 2.92. The van der Waals surface area contributed by atoms with Crippen LogP contribution in [0.5, 0.6) is 0 Å². The van der Waals surface area contributed by atoms with Crippen LogP contribution in [0.2, 0.25) is 0 Å². The van der Waals surface area contributed by atoms with Gasteiger partial charge in [0.2, 0.25) is 0 Å². The average molecular weight is 303 g/mol. The van der Waals surface area contributed by atoms with E-state index in [1.807, 2.05) is 54.6 Å². The molecule has 5 nitrogen and oxygen atoms in total. The monoisotopic (exact) mass is 303 g/mol. The van der Waals surface area contributed by atoms with Gasteiger partial charge in [-0.1, -0.05) is 61.2 Å². The Labute approximate surface area is 133 Å². The maximum Gasteiger partial charge on any atom is 0.355 e. The van der Waals surface area contributed by atoms with Crippen molar-refractivity contribution in [2.45, 2.75) is 0 Å². The second-order valence-corrected chi connectivity index (χ2v) is 5.03. The molecule has 0 spiro atoms. The molecule has 0 amide bonds. The minimum Gasteiger partial charge on any atom is -0.476 e. The summed E-state index contributed by atoms with van der Waals surface area (Å²) in [6, 6.07) is 17.4. The number of aromatic nitrogens is 2. The predicted octanol–water partition coefficient (Wildman–Crippen LogP) is 4.00. The fourth-order valence-corrected chi connectivity index (χ4v) is 2.56. The molecule has 0 fully saturated rings. The smallest absolute Gasteiger partial charge is 0.355 e. The summed E-state index contributed by atoms with van der Waals surface area (Å²) in [4.78, 5) is 14.8. The summed E-state index contributed by atoms with van der Waals surface area (Å²) in [5.41, 5.74) is 3.15. The largest absolute Gasteiger partial charge is 0.476 e. The number of carboxylic acid groups (broad SMARTS) is 1. The quantitative estimate of drug-likeness (QED) is 0.744. The molecule has 0 bridgehead atoms. The van der Waals surface area contributed by atoms with Crippen molar-refractivity contribution in [3.05, 3.63) is 71.7 Å². The highest BCUT2D eigenvalue weighted by atomic mass is 16.4. The molecule has 112 valence electrons. The summed E-state index contributed by atoms with van der Waals surface area (Å²) < 4.78 is 1.23. The van der Waals surface area contributed by atoms with E-state index in [1.165, 1.54) is 11.7 Å². The molecular formula is C18H13N3O2. The molecule has 1 heterocycles. The maximum atomic E-state index is 11.5. The molecule has 1 aromatic heterocycles. The van der Waals surface area contributed by atoms with Crippen LogP contribution in [-0.4, -0.2) is 20.9 Å². The van der Waals surface area contributed by atoms with Gasteiger partial charge < -0.3 is 9.95 Å². The van der Waals surface area contributed by atoms with Gasteiger partial charge in [-0.25, -0.2) is 4.79 Å². The number of hydrogen-bond acceptors (Lipinski definition) is 2. The number of carboxylic acids is 1. The molecule has 3 aromatic rings. The topological polar surface area (TPSA) is 59.5 Å². The molecule has 0 aliphatic heterocycles. The van der Waals surface area contributed by atoms with Crippen LogP contribution in [-0.2, 0) is 7.05 Å². The summed E-state index contributed by atoms with van der Waals surface area (Å²) in [5.74, 6) is -1.01. The van der Waals surface area contributed by atoms with Gasteiger partial charge in [0.25, 0.3) is 0 Å². The van der Waals surface area contributed by atoms with Crippen LogP contribution >= 0.6 is 0 Å². The minimum absolute atomic E-state index is 0.0171. The zero-order valence-corrected chi connectivity index (χ0v) is 12.4. The highest BCUT2D eigenvalue weighted by Crippen LogP contribution is 2.34. The Kier molecular flexibility index (Phi) is 3.65. The van der Waals surface area contributed by atoms with Gasteiger partial charge >= 0.3 is 11.8 Å². The fourth-order valence-electron chi connectivity index (χ4n) is 2.56. The summed E-state index contributed by atoms with van der Waals surface area (Å²) in [6.45, 7) is 7.22. The first kappa shape index (κ1) is 14.5. The Balaban J connectivity index is 2.10. The van der Waals surface area contributed by atoms with Gasteiger partial charge in [0.1, 0.15) is 0 Å². The van der Waals surface area contributed by atoms with Crippen molar-refractivity contribution in [2.24, 2.45) is 7.05 Å². The van der Waals surface area contributed by atoms with Gasteiger partial charge in [0.05, 0.1) is 7.05 Å². The maximum absolute atomic E-state index is 11.5. The second kappa shape index (κ2) is 5.78. The van der Waals surface area contributed by atoms with Crippen LogP contribution in [0.1, 0.15) is 10.5 Å². The second-order valence-electron chi connectivity index (χ2n) is 5.03. The Hall–Kier alpha value is -3.39. The van der Waals surface area contributed by atoms with Gasteiger partial charge in [-0.2, -0.15) is 4.68 Å². The number of nitrogens with zero attached hydrogens (tertiary/aromatic N) is 3. The molecule has 23 heavy (non-hydrogen) atoms. The molecule has 0 aliphatic carbocycles. The van der Waals surface area contributed by atoms with Crippen molar-refractivity contribution in [3.63, 3.8) is 0 Å². The zero-order chi connectivity index (χ0) is 16.4. The summed E-state index contributed by atoms with van der Waals surface area (Å²) in [6.07, 6.45) is 0. The number of carbonyl (C=O) groups is 1. The van der Waals surface area contributed by atoms with E-state index in [1.54, 1.807) is 0 Å². The van der Waals surface area contributed by atoms with Gasteiger partial charge in [0.15, 0.2) is 5.69 Å². The van der Waals surface area contributed by atoms with E-state index in [0.29, 0.717) is 11.1 Å². The Bertz CT molecular complexity index is 904. The lowest BCUT2D eigenvalue weighted by Gasteiger charge is -2.05. The third-order valence-electron chi connectivity index (χ3n) is 3.62. The number of rotatable bonds is 3. The molecule has 0 atom stereocenters. The normalized spacial score (nSPS) is 10.3. The summed E-state index contributed by atoms with van der Waals surface area (Å²) in [7, 11) is 1.53. The van der Waals surface area contributed by atoms with Crippen molar-refractivity contribution < 1.29 is 9.90 Å². The molecule has 0 radical (unpaired) electrons. The first-order chi connectivity index (χ1) is 11.1. The van der Waals surface area contributed by atoms with Crippen molar-refractivity contribution in [1.82, 2.24) is 9.78 Å². The van der Waals surface area contributed by atoms with E-state index >= 15 is 0 Å². The lowest BCUT2D eigenvalue weighted by Crippen LogP contribution is -2.06. The Morgan fingerprint density at radius 3 is 2.17 bits per heavy atom. The number of aryl methyl sites for hydroxylation is 1. The third-order valence-corrected chi connectivity index (χ3v) is 3.62. The lowest BCUT2D eigenvalue weighted by atomic mass is 10.00. The highest BCUT2D eigenvalue weighted by Gasteiger charge is 2.24. The van der Waals surface area contributed by atoms with Crippen LogP contribution in [0.4, 0.5) is 5.82 Å². The summed E-state index contributed by atoms with van der Waals surface area (Å²) in [5, 5.41) is 13.4. The van der Waals surface area contributed by atoms with Gasteiger partial charge in [-0.15, -0.1) is 0 Å². The van der Waals surface area contributed by atoms with Crippen molar-refractivity contribution in [2.75, 3.05) is 0 Å². The van der Waals surface area contributed by atoms with Gasteiger partial charge in [0, 0.05) is 5.56 Å². The predicted molar refractivity (Wildman–Crippen MR) is 87.3 cm³/mol. The molecule has 0 saturated heterocycles. The van der Waals surface area contributed by atoms with Crippen LogP contribution in [0.25, 0.3) is 27.1 Å². The molecule has 0 aliphatic rings. The fraction of sp³-hybridized carbons (Fsp3) is 0.0556. The molecular weight excluding hydrogens is 290 g/mol. The Morgan fingerprint density at radius 1 is 1.04 bits per heavy atom. The minimum atomic E-state index is -1.10. The van der Waals surface area contributed by atoms with Crippen LogP contribution in [0.3, 0.4) is 0 Å². The van der Waals surface area contributed by atoms with Gasteiger partial charge in [-0.3, -0.25) is 0 Å². The number of benzene rings is 2. The van der Waals surface area contributed by atoms with Crippen LogP contribution in [0.15, 0.2) is 54.6 Å². The molecule has 3 rings (SSSR count). The van der Waals surface area contributed by atoms with E-state index < -0.39 is 5.97 Å². The van der Waals surface area contributed by atoms with Crippen molar-refractivity contribution >= 4 is 11.8 Å². The van der Waals surface area contributed by atoms with E-state index in [0.717, 1.165) is 11.1 Å². The van der Waals surface area contributed by atoms with Crippen LogP contribution < -0.4 is 0 Å². The van der Waals surface area contributed by atoms with E-state index in [4.69, 9.17) is 6.57 Å². The van der Waals surface area contributed by atoms with E-state index in [-0.39, 0.29) is 11.5 Å². The zero-order valence-electron chi connectivity index (χ0n) is 12.4. The first-order valence-corrected chi connectivity index (χ1v) is 6.95.